The molecule has 1 aromatic rings. The van der Waals surface area contributed by atoms with Crippen LogP contribution in [0, 0.1) is 0 Å². The fraction of sp³-hybridized carbons (Fsp3) is 0.222. The molecule has 0 N–H and O–H groups in total. The maximum absolute atomic E-state index is 10.4. The van der Waals surface area contributed by atoms with E-state index in [1.807, 2.05) is 0 Å². The Balaban J connectivity index is 0.000000980. The van der Waals surface area contributed by atoms with E-state index in [4.69, 9.17) is 16.3 Å². The smallest absolute Gasteiger partial charge is 0.547 e. The minimum atomic E-state index is -1.17. The molecular weight excluding hydrogens is 215 g/mol. The van der Waals surface area contributed by atoms with Crippen molar-refractivity contribution in [2.24, 2.45) is 0 Å². The van der Waals surface area contributed by atoms with Crippen molar-refractivity contribution in [2.45, 2.75) is 12.2 Å². The molecule has 0 spiro atoms. The van der Waals surface area contributed by atoms with E-state index >= 15 is 0 Å². The van der Waals surface area contributed by atoms with Crippen molar-refractivity contribution in [2.75, 3.05) is 0 Å². The first-order valence-corrected chi connectivity index (χ1v) is 4.18. The van der Waals surface area contributed by atoms with Crippen LogP contribution in [0.15, 0.2) is 24.3 Å². The second-order valence-corrected chi connectivity index (χ2v) is 3.28. The van der Waals surface area contributed by atoms with Gasteiger partial charge in [-0.2, -0.15) is 0 Å². The van der Waals surface area contributed by atoms with Crippen LogP contribution in [-0.4, -0.2) is 12.1 Å². The monoisotopic (exact) mass is 220 g/mol. The van der Waals surface area contributed by atoms with Crippen molar-refractivity contribution in [1.82, 2.24) is 0 Å². The third kappa shape index (κ3) is 2.49. The van der Waals surface area contributed by atoms with Crippen LogP contribution in [0.3, 0.4) is 0 Å². The summed E-state index contributed by atoms with van der Waals surface area (Å²) in [7, 11) is 0. The molecule has 0 radical (unpaired) electrons. The van der Waals surface area contributed by atoms with Crippen molar-refractivity contribution in [3.63, 3.8) is 0 Å². The molecule has 14 heavy (non-hydrogen) atoms. The molecule has 0 aromatic heterocycles. The summed E-state index contributed by atoms with van der Waals surface area (Å²) >= 11 is 5.67. The number of carboxylic acids is 1. The van der Waals surface area contributed by atoms with Crippen molar-refractivity contribution >= 4 is 17.6 Å². The molecule has 1 heterocycles. The van der Waals surface area contributed by atoms with Gasteiger partial charge in [0.2, 0.25) is 0 Å². The van der Waals surface area contributed by atoms with Crippen molar-refractivity contribution < 1.29 is 44.2 Å². The zero-order chi connectivity index (χ0) is 9.42. The van der Waals surface area contributed by atoms with Gasteiger partial charge in [-0.3, -0.25) is 0 Å². The predicted molar refractivity (Wildman–Crippen MR) is 44.1 cm³/mol. The van der Waals surface area contributed by atoms with E-state index in [0.29, 0.717) is 5.02 Å². The molecule has 0 unspecified atom stereocenters. The van der Waals surface area contributed by atoms with Crippen LogP contribution in [-0.2, 0) is 9.53 Å². The van der Waals surface area contributed by atoms with Crippen LogP contribution in [0.25, 0.3) is 0 Å². The number of carboxylic acid groups (broad SMARTS) is 1. The van der Waals surface area contributed by atoms with Gasteiger partial charge in [0.25, 0.3) is 0 Å². The Morgan fingerprint density at radius 3 is 2.36 bits per heavy atom. The van der Waals surface area contributed by atoms with Crippen molar-refractivity contribution in [3.05, 3.63) is 34.9 Å². The first-order valence-electron chi connectivity index (χ1n) is 3.80. The van der Waals surface area contributed by atoms with Gasteiger partial charge < -0.3 is 14.6 Å². The van der Waals surface area contributed by atoms with Gasteiger partial charge in [0.05, 0.1) is 5.97 Å². The molecule has 5 heteroatoms. The number of benzene rings is 1. The van der Waals surface area contributed by atoms with Gasteiger partial charge in [0.15, 0.2) is 0 Å². The average molecular weight is 221 g/mol. The Morgan fingerprint density at radius 1 is 1.36 bits per heavy atom. The molecule has 2 atom stereocenters. The van der Waals surface area contributed by atoms with E-state index in [-0.39, 0.29) is 35.7 Å². The zero-order valence-electron chi connectivity index (χ0n) is 7.57. The van der Waals surface area contributed by atoms with Gasteiger partial charge in [-0.15, -0.1) is 0 Å². The van der Waals surface area contributed by atoms with Crippen LogP contribution in [0.2, 0.25) is 5.02 Å². The Labute approximate surface area is 108 Å². The third-order valence-electron chi connectivity index (χ3n) is 1.92. The summed E-state index contributed by atoms with van der Waals surface area (Å²) in [6.45, 7) is 0. The summed E-state index contributed by atoms with van der Waals surface area (Å²) in [6.07, 6.45) is -1.15. The molecule has 1 aliphatic heterocycles. The molecule has 0 amide bonds. The van der Waals surface area contributed by atoms with Crippen molar-refractivity contribution in [1.29, 1.82) is 0 Å². The van der Waals surface area contributed by atoms with Gasteiger partial charge in [-0.25, -0.2) is 0 Å². The van der Waals surface area contributed by atoms with Crippen molar-refractivity contribution in [3.8, 4) is 0 Å². The Bertz CT molecular complexity index is 338. The Kier molecular flexibility index (Phi) is 3.98. The van der Waals surface area contributed by atoms with Crippen LogP contribution >= 0.6 is 11.6 Å². The van der Waals surface area contributed by atoms with Crippen LogP contribution in [0.4, 0.5) is 0 Å². The van der Waals surface area contributed by atoms with Gasteiger partial charge in [0, 0.05) is 5.02 Å². The van der Waals surface area contributed by atoms with Gasteiger partial charge in [0.1, 0.15) is 12.2 Å². The predicted octanol–water partition coefficient (Wildman–Crippen LogP) is -2.47. The van der Waals surface area contributed by atoms with E-state index in [1.165, 1.54) is 0 Å². The van der Waals surface area contributed by atoms with E-state index in [0.717, 1.165) is 5.56 Å². The average Bonchev–Trinajstić information content (AvgIpc) is 2.85. The molecule has 3 nitrogen and oxygen atoms in total. The van der Waals surface area contributed by atoms with E-state index in [1.54, 1.807) is 24.3 Å². The summed E-state index contributed by atoms with van der Waals surface area (Å²) in [4.78, 5) is 10.4. The standard InChI is InChI=1S/C9H7ClO3.Na/c10-6-3-1-5(2-4-6)7-8(13-7)9(11)12;/h1-4,7-8H,(H,11,12);/q;+1/p-1/t7-,8+;/m0./s1. The second-order valence-electron chi connectivity index (χ2n) is 2.85. The third-order valence-corrected chi connectivity index (χ3v) is 2.17. The summed E-state index contributed by atoms with van der Waals surface area (Å²) in [5.74, 6) is -1.17. The molecule has 0 aliphatic carbocycles. The topological polar surface area (TPSA) is 52.7 Å². The number of epoxide rings is 1. The Morgan fingerprint density at radius 2 is 1.93 bits per heavy atom. The zero-order valence-corrected chi connectivity index (χ0v) is 10.3. The summed E-state index contributed by atoms with van der Waals surface area (Å²) in [6, 6.07) is 6.89. The minimum absolute atomic E-state index is 0. The number of hydrogen-bond acceptors (Lipinski definition) is 3. The number of aliphatic carboxylic acids is 1. The van der Waals surface area contributed by atoms with Gasteiger partial charge in [-0.1, -0.05) is 23.7 Å². The first-order chi connectivity index (χ1) is 6.18. The number of hydrogen-bond donors (Lipinski definition) is 0. The van der Waals surface area contributed by atoms with E-state index in [9.17, 15) is 9.90 Å². The number of carbonyl (C=O) groups is 1. The normalized spacial score (nSPS) is 23.8. The molecular formula is C9H6ClNaO3. The second kappa shape index (κ2) is 4.64. The fourth-order valence-corrected chi connectivity index (χ4v) is 1.32. The molecule has 0 bridgehead atoms. The number of carbonyl (C=O) groups excluding carboxylic acids is 1. The molecule has 0 saturated carbocycles. The van der Waals surface area contributed by atoms with Gasteiger partial charge >= 0.3 is 29.6 Å². The molecule has 1 fully saturated rings. The number of rotatable bonds is 2. The number of halogens is 1. The quantitative estimate of drug-likeness (QED) is 0.410. The molecule has 1 aromatic carbocycles. The summed E-state index contributed by atoms with van der Waals surface area (Å²) in [5, 5.41) is 11.0. The minimum Gasteiger partial charge on any atom is -0.547 e. The maximum Gasteiger partial charge on any atom is 1.00 e. The first kappa shape index (κ1) is 12.0. The summed E-state index contributed by atoms with van der Waals surface area (Å²) in [5.41, 5.74) is 0.818. The van der Waals surface area contributed by atoms with Crippen LogP contribution < -0.4 is 34.7 Å². The number of ether oxygens (including phenoxy) is 1. The largest absolute Gasteiger partial charge is 1.00 e. The Hall–Kier alpha value is -0.0600. The van der Waals surface area contributed by atoms with Crippen LogP contribution in [0.5, 0.6) is 0 Å². The fourth-order valence-electron chi connectivity index (χ4n) is 1.20. The molecule has 1 aliphatic rings. The van der Waals surface area contributed by atoms with Gasteiger partial charge in [-0.05, 0) is 17.7 Å². The van der Waals surface area contributed by atoms with E-state index in [2.05, 4.69) is 0 Å². The maximum atomic E-state index is 10.4. The SMILES string of the molecule is O=C([O-])[C@@H]1O[C@H]1c1ccc(Cl)cc1.[Na+]. The van der Waals surface area contributed by atoms with Crippen LogP contribution in [0.1, 0.15) is 11.7 Å². The molecule has 1 saturated heterocycles. The summed E-state index contributed by atoms with van der Waals surface area (Å²) < 4.78 is 4.90. The molecule has 2 rings (SSSR count). The van der Waals surface area contributed by atoms with E-state index < -0.39 is 12.1 Å². The molecule has 68 valence electrons.